The molecule has 0 saturated carbocycles. The summed E-state index contributed by atoms with van der Waals surface area (Å²) in [4.78, 5) is 0. The van der Waals surface area contributed by atoms with Crippen molar-refractivity contribution in [3.63, 3.8) is 0 Å². The molecule has 16 heavy (non-hydrogen) atoms. The predicted octanol–water partition coefficient (Wildman–Crippen LogP) is 1.74. The summed E-state index contributed by atoms with van der Waals surface area (Å²) in [5.74, 6) is 0. The van der Waals surface area contributed by atoms with Crippen molar-refractivity contribution in [2.75, 3.05) is 0 Å². The predicted molar refractivity (Wildman–Crippen MR) is 60.4 cm³/mol. The van der Waals surface area contributed by atoms with Crippen molar-refractivity contribution >= 4 is 0 Å². The first-order valence-electron chi connectivity index (χ1n) is 5.34. The van der Waals surface area contributed by atoms with Gasteiger partial charge in [-0.15, -0.1) is 0 Å². The van der Waals surface area contributed by atoms with Crippen LogP contribution in [0.5, 0.6) is 0 Å². The number of hydrogen-bond donors (Lipinski definition) is 0. The number of aromatic nitrogens is 2. The minimum atomic E-state index is 0.556. The van der Waals surface area contributed by atoms with Gasteiger partial charge in [-0.25, -0.2) is 9.13 Å². The van der Waals surface area contributed by atoms with Crippen molar-refractivity contribution in [1.29, 1.82) is 5.26 Å². The summed E-state index contributed by atoms with van der Waals surface area (Å²) >= 11 is 0. The fourth-order valence-corrected chi connectivity index (χ4v) is 1.64. The van der Waals surface area contributed by atoms with Crippen LogP contribution in [0.2, 0.25) is 0 Å². The second-order valence-corrected chi connectivity index (χ2v) is 3.72. The number of imidazole rings is 1. The van der Waals surface area contributed by atoms with Crippen LogP contribution in [0.4, 0.5) is 0 Å². The van der Waals surface area contributed by atoms with Crippen molar-refractivity contribution in [1.82, 2.24) is 4.57 Å². The molecular formula is C13H14N3+. The molecule has 0 saturated heterocycles. The number of benzene rings is 1. The number of aryl methyl sites for hydroxylation is 1. The van der Waals surface area contributed by atoms with E-state index in [9.17, 15) is 0 Å². The Morgan fingerprint density at radius 2 is 2.06 bits per heavy atom. The van der Waals surface area contributed by atoms with Gasteiger partial charge in [-0.3, -0.25) is 0 Å². The smallest absolute Gasteiger partial charge is 0.236 e. The van der Waals surface area contributed by atoms with Gasteiger partial charge in [0.15, 0.2) is 0 Å². The maximum Gasteiger partial charge on any atom is 0.244 e. The van der Waals surface area contributed by atoms with Gasteiger partial charge in [0.25, 0.3) is 0 Å². The van der Waals surface area contributed by atoms with Crippen LogP contribution >= 0.6 is 0 Å². The van der Waals surface area contributed by atoms with Crippen LogP contribution in [-0.4, -0.2) is 4.57 Å². The number of hydrogen-bond acceptors (Lipinski definition) is 1. The maximum absolute atomic E-state index is 8.50. The van der Waals surface area contributed by atoms with E-state index >= 15 is 0 Å². The van der Waals surface area contributed by atoms with E-state index in [1.165, 1.54) is 5.56 Å². The lowest BCUT2D eigenvalue weighted by atomic mass is 10.2. The maximum atomic E-state index is 8.50. The Labute approximate surface area is 95.2 Å². The third-order valence-corrected chi connectivity index (χ3v) is 2.44. The molecule has 80 valence electrons. The topological polar surface area (TPSA) is 32.6 Å². The van der Waals surface area contributed by atoms with E-state index in [-0.39, 0.29) is 0 Å². The molecule has 0 bridgehead atoms. The van der Waals surface area contributed by atoms with E-state index in [1.54, 1.807) is 0 Å². The van der Waals surface area contributed by atoms with Gasteiger partial charge in [0, 0.05) is 0 Å². The highest BCUT2D eigenvalue weighted by molar-refractivity contribution is 5.13. The highest BCUT2D eigenvalue weighted by Crippen LogP contribution is 1.97. The van der Waals surface area contributed by atoms with E-state index in [2.05, 4.69) is 22.8 Å². The summed E-state index contributed by atoms with van der Waals surface area (Å²) in [5.41, 5.74) is 1.28. The first kappa shape index (κ1) is 10.4. The van der Waals surface area contributed by atoms with Crippen LogP contribution < -0.4 is 4.57 Å². The molecular weight excluding hydrogens is 198 g/mol. The largest absolute Gasteiger partial charge is 0.244 e. The summed E-state index contributed by atoms with van der Waals surface area (Å²) in [5, 5.41) is 8.50. The molecule has 0 aliphatic heterocycles. The lowest BCUT2D eigenvalue weighted by Crippen LogP contribution is -2.31. The van der Waals surface area contributed by atoms with Gasteiger partial charge in [-0.1, -0.05) is 30.3 Å². The molecule has 3 heteroatoms. The number of rotatable bonds is 4. The van der Waals surface area contributed by atoms with E-state index < -0.39 is 0 Å². The molecule has 0 amide bonds. The minimum Gasteiger partial charge on any atom is -0.236 e. The number of nitriles is 1. The van der Waals surface area contributed by atoms with Crippen LogP contribution in [-0.2, 0) is 13.1 Å². The molecule has 2 rings (SSSR count). The number of nitrogens with zero attached hydrogens (tertiary/aromatic N) is 3. The average molecular weight is 212 g/mol. The van der Waals surface area contributed by atoms with Gasteiger partial charge in [0.2, 0.25) is 6.33 Å². The third-order valence-electron chi connectivity index (χ3n) is 2.44. The Kier molecular flexibility index (Phi) is 3.35. The van der Waals surface area contributed by atoms with E-state index in [0.29, 0.717) is 6.42 Å². The average Bonchev–Trinajstić information content (AvgIpc) is 2.75. The first-order valence-corrected chi connectivity index (χ1v) is 5.34. The molecule has 0 radical (unpaired) electrons. The SMILES string of the molecule is N#CCCn1cc[n+](Cc2ccccc2)c1. The van der Waals surface area contributed by atoms with Crippen molar-refractivity contribution in [3.8, 4) is 6.07 Å². The van der Waals surface area contributed by atoms with E-state index in [4.69, 9.17) is 5.26 Å². The zero-order chi connectivity index (χ0) is 11.2. The zero-order valence-electron chi connectivity index (χ0n) is 9.08. The summed E-state index contributed by atoms with van der Waals surface area (Å²) in [7, 11) is 0. The van der Waals surface area contributed by atoms with Crippen LogP contribution in [0.25, 0.3) is 0 Å². The molecule has 0 aliphatic carbocycles. The fraction of sp³-hybridized carbons (Fsp3) is 0.231. The molecule has 0 atom stereocenters. The normalized spacial score (nSPS) is 9.94. The second-order valence-electron chi connectivity index (χ2n) is 3.72. The van der Waals surface area contributed by atoms with Gasteiger partial charge in [0.1, 0.15) is 25.5 Å². The van der Waals surface area contributed by atoms with Crippen molar-refractivity contribution < 1.29 is 4.57 Å². The summed E-state index contributed by atoms with van der Waals surface area (Å²) in [6.45, 7) is 1.64. The van der Waals surface area contributed by atoms with Crippen molar-refractivity contribution in [2.45, 2.75) is 19.5 Å². The van der Waals surface area contributed by atoms with Gasteiger partial charge in [-0.05, 0) is 5.56 Å². The van der Waals surface area contributed by atoms with Gasteiger partial charge < -0.3 is 0 Å². The molecule has 1 heterocycles. The second kappa shape index (κ2) is 5.13. The molecule has 0 unspecified atom stereocenters. The van der Waals surface area contributed by atoms with Crippen LogP contribution in [0.15, 0.2) is 49.1 Å². The fourth-order valence-electron chi connectivity index (χ4n) is 1.64. The first-order chi connectivity index (χ1) is 7.88. The Morgan fingerprint density at radius 1 is 1.25 bits per heavy atom. The third kappa shape index (κ3) is 2.71. The van der Waals surface area contributed by atoms with Crippen LogP contribution in [0, 0.1) is 11.3 Å². The lowest BCUT2D eigenvalue weighted by molar-refractivity contribution is -0.687. The quantitative estimate of drug-likeness (QED) is 0.710. The standard InChI is InChI=1S/C13H14N3/c14-7-4-8-15-9-10-16(12-15)11-13-5-2-1-3-6-13/h1-3,5-6,9-10,12H,4,8,11H2/q+1. The lowest BCUT2D eigenvalue weighted by Gasteiger charge is -1.96. The Balaban J connectivity index is 2.01. The van der Waals surface area contributed by atoms with E-state index in [0.717, 1.165) is 13.1 Å². The Morgan fingerprint density at radius 3 is 2.81 bits per heavy atom. The zero-order valence-corrected chi connectivity index (χ0v) is 9.08. The molecule has 0 aliphatic rings. The monoisotopic (exact) mass is 212 g/mol. The molecule has 1 aromatic carbocycles. The van der Waals surface area contributed by atoms with Gasteiger partial charge in [0.05, 0.1) is 12.5 Å². The van der Waals surface area contributed by atoms with Crippen molar-refractivity contribution in [2.24, 2.45) is 0 Å². The molecule has 3 nitrogen and oxygen atoms in total. The van der Waals surface area contributed by atoms with Gasteiger partial charge in [-0.2, -0.15) is 5.26 Å². The Bertz CT molecular complexity index is 479. The molecule has 2 aromatic rings. The molecule has 1 aromatic heterocycles. The molecule has 0 fully saturated rings. The van der Waals surface area contributed by atoms with E-state index in [1.807, 2.05) is 41.5 Å². The Hall–Kier alpha value is -2.08. The minimum absolute atomic E-state index is 0.556. The highest BCUT2D eigenvalue weighted by atomic mass is 15.1. The van der Waals surface area contributed by atoms with Crippen LogP contribution in [0.1, 0.15) is 12.0 Å². The molecule has 0 spiro atoms. The summed E-state index contributed by atoms with van der Waals surface area (Å²) in [6.07, 6.45) is 6.62. The molecule has 0 N–H and O–H groups in total. The van der Waals surface area contributed by atoms with Crippen molar-refractivity contribution in [3.05, 3.63) is 54.6 Å². The summed E-state index contributed by atoms with van der Waals surface area (Å²) in [6, 6.07) is 12.5. The highest BCUT2D eigenvalue weighted by Gasteiger charge is 2.03. The van der Waals surface area contributed by atoms with Gasteiger partial charge >= 0.3 is 0 Å². The summed E-state index contributed by atoms with van der Waals surface area (Å²) < 4.78 is 4.15. The van der Waals surface area contributed by atoms with Crippen LogP contribution in [0.3, 0.4) is 0 Å².